The topological polar surface area (TPSA) is 30.3 Å². The number of rotatable bonds is 5. The molecule has 0 bridgehead atoms. The van der Waals surface area contributed by atoms with E-state index in [0.29, 0.717) is 12.6 Å². The molecule has 2 saturated heterocycles. The molecule has 1 unspecified atom stereocenters. The van der Waals surface area contributed by atoms with E-state index in [0.717, 1.165) is 23.1 Å². The van der Waals surface area contributed by atoms with Crippen molar-refractivity contribution in [3.8, 4) is 5.75 Å². The Balaban J connectivity index is 1.37. The number of thioether (sulfide) groups is 1. The van der Waals surface area contributed by atoms with Gasteiger partial charge in [-0.15, -0.1) is 0 Å². The van der Waals surface area contributed by atoms with Gasteiger partial charge in [0.15, 0.2) is 0 Å². The molecule has 2 fully saturated rings. The van der Waals surface area contributed by atoms with E-state index in [1.54, 1.807) is 0 Å². The van der Waals surface area contributed by atoms with Crippen molar-refractivity contribution >= 4 is 22.8 Å². The molecule has 5 heteroatoms. The number of para-hydroxylation sites is 3. The van der Waals surface area contributed by atoms with Gasteiger partial charge in [-0.3, -0.25) is 4.90 Å². The first-order valence-corrected chi connectivity index (χ1v) is 11.5. The van der Waals surface area contributed by atoms with E-state index in [2.05, 4.69) is 45.5 Å². The van der Waals surface area contributed by atoms with Crippen molar-refractivity contribution in [1.29, 1.82) is 0 Å². The van der Waals surface area contributed by atoms with E-state index >= 15 is 0 Å². The molecular formula is C23H27N3OS. The fourth-order valence-electron chi connectivity index (χ4n) is 4.59. The molecule has 28 heavy (non-hydrogen) atoms. The van der Waals surface area contributed by atoms with Crippen LogP contribution < -0.4 is 4.74 Å². The van der Waals surface area contributed by atoms with Crippen LogP contribution in [0.15, 0.2) is 54.6 Å². The van der Waals surface area contributed by atoms with Gasteiger partial charge in [0.05, 0.1) is 11.0 Å². The van der Waals surface area contributed by atoms with Crippen LogP contribution in [0, 0.1) is 0 Å². The largest absolute Gasteiger partial charge is 0.486 e. The number of ether oxygens (including phenoxy) is 1. The normalized spacial score (nSPS) is 21.4. The van der Waals surface area contributed by atoms with E-state index in [4.69, 9.17) is 9.72 Å². The zero-order valence-electron chi connectivity index (χ0n) is 16.2. The molecule has 3 heterocycles. The first kappa shape index (κ1) is 18.1. The summed E-state index contributed by atoms with van der Waals surface area (Å²) in [4.78, 5) is 7.64. The minimum Gasteiger partial charge on any atom is -0.486 e. The van der Waals surface area contributed by atoms with Crippen LogP contribution in [0.4, 0.5) is 0 Å². The number of benzene rings is 2. The van der Waals surface area contributed by atoms with Gasteiger partial charge in [-0.05, 0) is 49.3 Å². The average Bonchev–Trinajstić information content (AvgIpc) is 3.41. The lowest BCUT2D eigenvalue weighted by Gasteiger charge is -2.36. The molecule has 2 aromatic carbocycles. The highest BCUT2D eigenvalue weighted by Crippen LogP contribution is 2.32. The average molecular weight is 394 g/mol. The molecule has 0 aliphatic carbocycles. The Hall–Kier alpha value is -1.98. The maximum atomic E-state index is 6.06. The second kappa shape index (κ2) is 8.18. The molecule has 146 valence electrons. The molecule has 2 aliphatic heterocycles. The van der Waals surface area contributed by atoms with Crippen molar-refractivity contribution in [3.63, 3.8) is 0 Å². The smallest absolute Gasteiger partial charge is 0.148 e. The molecule has 0 amide bonds. The third-order valence-electron chi connectivity index (χ3n) is 6.07. The van der Waals surface area contributed by atoms with Crippen molar-refractivity contribution < 1.29 is 4.74 Å². The van der Waals surface area contributed by atoms with Crippen molar-refractivity contribution in [1.82, 2.24) is 14.5 Å². The second-order valence-corrected chi connectivity index (χ2v) is 8.92. The number of likely N-dealkylation sites (tertiary alicyclic amines) is 1. The predicted molar refractivity (Wildman–Crippen MR) is 116 cm³/mol. The lowest BCUT2D eigenvalue weighted by molar-refractivity contribution is 0.144. The molecule has 5 rings (SSSR count). The van der Waals surface area contributed by atoms with Crippen LogP contribution in [0.25, 0.3) is 11.0 Å². The number of nitrogens with zero attached hydrogens (tertiary/aromatic N) is 3. The second-order valence-electron chi connectivity index (χ2n) is 7.77. The van der Waals surface area contributed by atoms with Gasteiger partial charge in [0, 0.05) is 30.9 Å². The summed E-state index contributed by atoms with van der Waals surface area (Å²) in [6.45, 7) is 2.90. The third-order valence-corrected chi connectivity index (χ3v) is 7.21. The monoisotopic (exact) mass is 393 g/mol. The Labute approximate surface area is 170 Å². The van der Waals surface area contributed by atoms with Crippen LogP contribution in [0.2, 0.25) is 0 Å². The van der Waals surface area contributed by atoms with Crippen LogP contribution in [0.3, 0.4) is 0 Å². The van der Waals surface area contributed by atoms with Crippen LogP contribution in [-0.4, -0.2) is 45.1 Å². The van der Waals surface area contributed by atoms with Crippen molar-refractivity contribution in [2.75, 3.05) is 24.6 Å². The summed E-state index contributed by atoms with van der Waals surface area (Å²) >= 11 is 2.11. The summed E-state index contributed by atoms with van der Waals surface area (Å²) in [5.74, 6) is 4.58. The highest BCUT2D eigenvalue weighted by Gasteiger charge is 2.29. The number of piperidine rings is 1. The summed E-state index contributed by atoms with van der Waals surface area (Å²) in [6, 6.07) is 19.9. The molecule has 0 N–H and O–H groups in total. The summed E-state index contributed by atoms with van der Waals surface area (Å²) < 4.78 is 8.52. The molecule has 1 atom stereocenters. The summed E-state index contributed by atoms with van der Waals surface area (Å²) in [5, 5.41) is 0. The maximum Gasteiger partial charge on any atom is 0.148 e. The van der Waals surface area contributed by atoms with Gasteiger partial charge in [0.2, 0.25) is 0 Å². The molecule has 0 spiro atoms. The van der Waals surface area contributed by atoms with Crippen LogP contribution in [0.5, 0.6) is 5.75 Å². The van der Waals surface area contributed by atoms with E-state index < -0.39 is 0 Å². The standard InChI is InChI=1S/C23H27N3OS/c1-2-6-20(7-3-1)27-16-23-24-21-8-4-5-9-22(21)26(23)18-10-13-25(14-11-18)19-12-15-28-17-19/h1-9,18-19H,10-17H2. The first-order valence-electron chi connectivity index (χ1n) is 10.3. The van der Waals surface area contributed by atoms with Crippen LogP contribution in [0.1, 0.15) is 31.1 Å². The third kappa shape index (κ3) is 3.65. The number of aromatic nitrogens is 2. The van der Waals surface area contributed by atoms with E-state index in [1.807, 2.05) is 30.3 Å². The molecule has 0 saturated carbocycles. The Bertz CT molecular complexity index is 912. The van der Waals surface area contributed by atoms with Crippen LogP contribution in [-0.2, 0) is 6.61 Å². The number of imidazole rings is 1. The molecule has 1 aromatic heterocycles. The summed E-state index contributed by atoms with van der Waals surface area (Å²) in [5.41, 5.74) is 2.31. The van der Waals surface area contributed by atoms with Gasteiger partial charge in [0.25, 0.3) is 0 Å². The van der Waals surface area contributed by atoms with E-state index in [1.165, 1.54) is 49.4 Å². The van der Waals surface area contributed by atoms with Crippen molar-refractivity contribution in [2.45, 2.75) is 38.0 Å². The molecular weight excluding hydrogens is 366 g/mol. The quantitative estimate of drug-likeness (QED) is 0.625. The first-order chi connectivity index (χ1) is 13.9. The summed E-state index contributed by atoms with van der Waals surface area (Å²) in [7, 11) is 0. The number of fused-ring (bicyclic) bond motifs is 1. The lowest BCUT2D eigenvalue weighted by Crippen LogP contribution is -2.42. The lowest BCUT2D eigenvalue weighted by atomic mass is 10.0. The van der Waals surface area contributed by atoms with Gasteiger partial charge in [0.1, 0.15) is 18.2 Å². The van der Waals surface area contributed by atoms with E-state index in [-0.39, 0.29) is 0 Å². The van der Waals surface area contributed by atoms with Gasteiger partial charge < -0.3 is 9.30 Å². The minimum absolute atomic E-state index is 0.507. The zero-order valence-corrected chi connectivity index (χ0v) is 17.0. The van der Waals surface area contributed by atoms with E-state index in [9.17, 15) is 0 Å². The van der Waals surface area contributed by atoms with Gasteiger partial charge in [-0.1, -0.05) is 30.3 Å². The molecule has 0 radical (unpaired) electrons. The Morgan fingerprint density at radius 3 is 2.50 bits per heavy atom. The number of hydrogen-bond donors (Lipinski definition) is 0. The molecule has 2 aliphatic rings. The van der Waals surface area contributed by atoms with Crippen molar-refractivity contribution in [3.05, 3.63) is 60.4 Å². The highest BCUT2D eigenvalue weighted by atomic mass is 32.2. The maximum absolute atomic E-state index is 6.06. The fraction of sp³-hybridized carbons (Fsp3) is 0.435. The van der Waals surface area contributed by atoms with Crippen molar-refractivity contribution in [2.24, 2.45) is 0 Å². The SMILES string of the molecule is c1ccc(OCc2nc3ccccc3n2C2CCN(C3CCSC3)CC2)cc1. The fourth-order valence-corrected chi connectivity index (χ4v) is 5.84. The molecule has 4 nitrogen and oxygen atoms in total. The van der Waals surface area contributed by atoms with Gasteiger partial charge in [-0.25, -0.2) is 4.98 Å². The molecule has 3 aromatic rings. The van der Waals surface area contributed by atoms with Gasteiger partial charge in [-0.2, -0.15) is 11.8 Å². The van der Waals surface area contributed by atoms with Crippen LogP contribution >= 0.6 is 11.8 Å². The van der Waals surface area contributed by atoms with Gasteiger partial charge >= 0.3 is 0 Å². The number of hydrogen-bond acceptors (Lipinski definition) is 4. The predicted octanol–water partition coefficient (Wildman–Crippen LogP) is 4.76. The Morgan fingerprint density at radius 1 is 0.929 bits per heavy atom. The Kier molecular flexibility index (Phi) is 5.28. The Morgan fingerprint density at radius 2 is 1.71 bits per heavy atom. The highest BCUT2D eigenvalue weighted by molar-refractivity contribution is 7.99. The zero-order chi connectivity index (χ0) is 18.8. The summed E-state index contributed by atoms with van der Waals surface area (Å²) in [6.07, 6.45) is 3.75. The minimum atomic E-state index is 0.507.